The van der Waals surface area contributed by atoms with Crippen LogP contribution in [0.4, 0.5) is 0 Å². The van der Waals surface area contributed by atoms with Gasteiger partial charge in [-0.05, 0) is 39.7 Å². The highest BCUT2D eigenvalue weighted by atomic mass is 16.5. The number of hydrogen-bond donors (Lipinski definition) is 1. The van der Waals surface area contributed by atoms with E-state index in [0.29, 0.717) is 25.6 Å². The minimum atomic E-state index is -0.645. The van der Waals surface area contributed by atoms with Gasteiger partial charge >= 0.3 is 5.97 Å². The molecular formula is C13H27NO3. The molecule has 0 aromatic carbocycles. The first kappa shape index (κ1) is 16.4. The molecule has 17 heavy (non-hydrogen) atoms. The van der Waals surface area contributed by atoms with Gasteiger partial charge in [-0.1, -0.05) is 13.8 Å². The summed E-state index contributed by atoms with van der Waals surface area (Å²) in [5.74, 6) is 0.436. The standard InChI is InChI=1S/C13H27NO3/c1-6-17-12(15)13(4,14-5)8-10-16-9-7-11(2)3/h11,14H,6-10H2,1-5H3. The molecule has 1 atom stereocenters. The number of likely N-dealkylation sites (N-methyl/N-ethyl adjacent to an activating group) is 1. The third kappa shape index (κ3) is 6.64. The summed E-state index contributed by atoms with van der Waals surface area (Å²) in [7, 11) is 1.77. The van der Waals surface area contributed by atoms with Crippen LogP contribution in [0.5, 0.6) is 0 Å². The molecule has 0 rings (SSSR count). The maximum absolute atomic E-state index is 11.7. The van der Waals surface area contributed by atoms with E-state index in [4.69, 9.17) is 9.47 Å². The largest absolute Gasteiger partial charge is 0.465 e. The highest BCUT2D eigenvalue weighted by Crippen LogP contribution is 2.12. The van der Waals surface area contributed by atoms with Crippen LogP contribution >= 0.6 is 0 Å². The molecule has 0 saturated heterocycles. The fourth-order valence-corrected chi connectivity index (χ4v) is 1.32. The van der Waals surface area contributed by atoms with E-state index in [9.17, 15) is 4.79 Å². The molecule has 0 bridgehead atoms. The van der Waals surface area contributed by atoms with E-state index in [-0.39, 0.29) is 5.97 Å². The number of carbonyl (C=O) groups excluding carboxylic acids is 1. The maximum Gasteiger partial charge on any atom is 0.326 e. The Bertz CT molecular complexity index is 219. The van der Waals surface area contributed by atoms with E-state index in [1.54, 1.807) is 7.05 Å². The average Bonchev–Trinajstić information content (AvgIpc) is 2.28. The van der Waals surface area contributed by atoms with Crippen LogP contribution in [0.1, 0.15) is 40.5 Å². The van der Waals surface area contributed by atoms with Crippen LogP contribution in [0.15, 0.2) is 0 Å². The van der Waals surface area contributed by atoms with Crippen LogP contribution in [0, 0.1) is 5.92 Å². The monoisotopic (exact) mass is 245 g/mol. The van der Waals surface area contributed by atoms with Crippen LogP contribution in [-0.4, -0.2) is 38.4 Å². The molecule has 0 spiro atoms. The Morgan fingerprint density at radius 1 is 1.35 bits per heavy atom. The summed E-state index contributed by atoms with van der Waals surface area (Å²) < 4.78 is 10.6. The molecule has 0 heterocycles. The minimum absolute atomic E-state index is 0.213. The van der Waals surface area contributed by atoms with Crippen molar-refractivity contribution in [3.63, 3.8) is 0 Å². The van der Waals surface area contributed by atoms with E-state index in [2.05, 4.69) is 19.2 Å². The maximum atomic E-state index is 11.7. The summed E-state index contributed by atoms with van der Waals surface area (Å²) in [5.41, 5.74) is -0.645. The Kier molecular flexibility index (Phi) is 8.17. The lowest BCUT2D eigenvalue weighted by Gasteiger charge is -2.26. The van der Waals surface area contributed by atoms with Crippen molar-refractivity contribution in [3.05, 3.63) is 0 Å². The molecule has 0 aliphatic carbocycles. The van der Waals surface area contributed by atoms with Gasteiger partial charge < -0.3 is 14.8 Å². The van der Waals surface area contributed by atoms with Crippen LogP contribution in [-0.2, 0) is 14.3 Å². The van der Waals surface area contributed by atoms with Gasteiger partial charge in [0.15, 0.2) is 0 Å². The number of carbonyl (C=O) groups is 1. The fraction of sp³-hybridized carbons (Fsp3) is 0.923. The summed E-state index contributed by atoms with van der Waals surface area (Å²) in [6, 6.07) is 0. The molecule has 0 radical (unpaired) electrons. The molecule has 0 amide bonds. The summed E-state index contributed by atoms with van der Waals surface area (Å²) in [4.78, 5) is 11.7. The molecule has 4 nitrogen and oxygen atoms in total. The van der Waals surface area contributed by atoms with E-state index in [1.807, 2.05) is 13.8 Å². The molecule has 102 valence electrons. The van der Waals surface area contributed by atoms with Crippen molar-refractivity contribution >= 4 is 5.97 Å². The Balaban J connectivity index is 3.91. The third-order valence-corrected chi connectivity index (χ3v) is 2.86. The van der Waals surface area contributed by atoms with Crippen molar-refractivity contribution in [2.45, 2.75) is 46.1 Å². The zero-order valence-electron chi connectivity index (χ0n) is 11.8. The average molecular weight is 245 g/mol. The molecule has 0 aromatic heterocycles. The number of ether oxygens (including phenoxy) is 2. The third-order valence-electron chi connectivity index (χ3n) is 2.86. The van der Waals surface area contributed by atoms with E-state index in [1.165, 1.54) is 0 Å². The summed E-state index contributed by atoms with van der Waals surface area (Å²) in [6.45, 7) is 9.72. The Hall–Kier alpha value is -0.610. The first-order valence-electron chi connectivity index (χ1n) is 6.40. The van der Waals surface area contributed by atoms with E-state index in [0.717, 1.165) is 13.0 Å². The Labute approximate surface area is 105 Å². The highest BCUT2D eigenvalue weighted by molar-refractivity contribution is 5.80. The second-order valence-electron chi connectivity index (χ2n) is 4.85. The minimum Gasteiger partial charge on any atom is -0.465 e. The van der Waals surface area contributed by atoms with Gasteiger partial charge in [-0.2, -0.15) is 0 Å². The quantitative estimate of drug-likeness (QED) is 0.498. The predicted molar refractivity (Wildman–Crippen MR) is 69.0 cm³/mol. The molecular weight excluding hydrogens is 218 g/mol. The lowest BCUT2D eigenvalue weighted by atomic mass is 9.99. The zero-order chi connectivity index (χ0) is 13.3. The summed E-state index contributed by atoms with van der Waals surface area (Å²) >= 11 is 0. The predicted octanol–water partition coefficient (Wildman–Crippen LogP) is 1.98. The fourth-order valence-electron chi connectivity index (χ4n) is 1.32. The first-order valence-corrected chi connectivity index (χ1v) is 6.40. The van der Waals surface area contributed by atoms with Crippen molar-refractivity contribution in [1.29, 1.82) is 0 Å². The second kappa shape index (κ2) is 8.48. The van der Waals surface area contributed by atoms with Gasteiger partial charge in [0.05, 0.1) is 6.61 Å². The van der Waals surface area contributed by atoms with Crippen molar-refractivity contribution in [1.82, 2.24) is 5.32 Å². The molecule has 0 fully saturated rings. The van der Waals surface area contributed by atoms with Gasteiger partial charge in [-0.25, -0.2) is 0 Å². The second-order valence-corrected chi connectivity index (χ2v) is 4.85. The van der Waals surface area contributed by atoms with Gasteiger partial charge in [0.2, 0.25) is 0 Å². The van der Waals surface area contributed by atoms with Gasteiger partial charge in [-0.3, -0.25) is 4.79 Å². The van der Waals surface area contributed by atoms with Crippen molar-refractivity contribution in [2.24, 2.45) is 5.92 Å². The normalized spacial score (nSPS) is 14.7. The highest BCUT2D eigenvalue weighted by Gasteiger charge is 2.32. The van der Waals surface area contributed by atoms with Crippen molar-refractivity contribution < 1.29 is 14.3 Å². The summed E-state index contributed by atoms with van der Waals surface area (Å²) in [6.07, 6.45) is 1.68. The van der Waals surface area contributed by atoms with Crippen LogP contribution < -0.4 is 5.32 Å². The van der Waals surface area contributed by atoms with Crippen molar-refractivity contribution in [2.75, 3.05) is 26.9 Å². The van der Waals surface area contributed by atoms with Crippen LogP contribution in [0.3, 0.4) is 0 Å². The molecule has 4 heteroatoms. The van der Waals surface area contributed by atoms with Crippen LogP contribution in [0.25, 0.3) is 0 Å². The number of nitrogens with one attached hydrogen (secondary N) is 1. The molecule has 0 aliphatic heterocycles. The smallest absolute Gasteiger partial charge is 0.326 e. The van der Waals surface area contributed by atoms with Gasteiger partial charge in [0, 0.05) is 13.2 Å². The Morgan fingerprint density at radius 2 is 2.00 bits per heavy atom. The number of hydrogen-bond acceptors (Lipinski definition) is 4. The zero-order valence-corrected chi connectivity index (χ0v) is 11.8. The lowest BCUT2D eigenvalue weighted by molar-refractivity contribution is -0.151. The van der Waals surface area contributed by atoms with E-state index >= 15 is 0 Å². The first-order chi connectivity index (χ1) is 7.96. The summed E-state index contributed by atoms with van der Waals surface area (Å²) in [5, 5.41) is 3.01. The Morgan fingerprint density at radius 3 is 2.47 bits per heavy atom. The molecule has 0 aromatic rings. The van der Waals surface area contributed by atoms with Gasteiger partial charge in [0.25, 0.3) is 0 Å². The number of esters is 1. The van der Waals surface area contributed by atoms with E-state index < -0.39 is 5.54 Å². The topological polar surface area (TPSA) is 47.6 Å². The molecule has 1 N–H and O–H groups in total. The van der Waals surface area contributed by atoms with Gasteiger partial charge in [0.1, 0.15) is 5.54 Å². The number of rotatable bonds is 9. The van der Waals surface area contributed by atoms with Crippen molar-refractivity contribution in [3.8, 4) is 0 Å². The molecule has 0 aliphatic rings. The van der Waals surface area contributed by atoms with Gasteiger partial charge in [-0.15, -0.1) is 0 Å². The SMILES string of the molecule is CCOC(=O)C(C)(CCOCCC(C)C)NC. The lowest BCUT2D eigenvalue weighted by Crippen LogP contribution is -2.49. The van der Waals surface area contributed by atoms with Crippen LogP contribution in [0.2, 0.25) is 0 Å². The molecule has 1 unspecified atom stereocenters. The molecule has 0 saturated carbocycles.